The van der Waals surface area contributed by atoms with Crippen LogP contribution in [-0.2, 0) is 17.9 Å². The normalized spacial score (nSPS) is 14.5. The number of nitrogens with one attached hydrogen (secondary N) is 1. The number of benzene rings is 1. The maximum Gasteiger partial charge on any atom is 0.222 e. The Kier molecular flexibility index (Phi) is 7.80. The minimum Gasteiger partial charge on any atom is -0.349 e. The van der Waals surface area contributed by atoms with E-state index in [1.165, 1.54) is 44.2 Å². The largest absolute Gasteiger partial charge is 0.349 e. The molecule has 4 rings (SSSR count). The first-order valence-corrected chi connectivity index (χ1v) is 12.6. The third kappa shape index (κ3) is 6.22. The Labute approximate surface area is 198 Å². The van der Waals surface area contributed by atoms with Crippen molar-refractivity contribution in [3.8, 4) is 5.69 Å². The molecule has 0 atom stereocenters. The zero-order valence-corrected chi connectivity index (χ0v) is 20.1. The van der Waals surface area contributed by atoms with Crippen molar-refractivity contribution in [1.29, 1.82) is 0 Å². The van der Waals surface area contributed by atoms with Crippen LogP contribution >= 0.6 is 11.8 Å². The number of hydrogen-bond acceptors (Lipinski definition) is 5. The first kappa shape index (κ1) is 23.5. The molecular formula is C24H31FN6OS. The number of amides is 1. The summed E-state index contributed by atoms with van der Waals surface area (Å²) in [7, 11) is 0. The molecule has 1 fully saturated rings. The Balaban J connectivity index is 1.42. The molecule has 176 valence electrons. The maximum atomic E-state index is 13.5. The van der Waals surface area contributed by atoms with Gasteiger partial charge in [-0.3, -0.25) is 14.0 Å². The van der Waals surface area contributed by atoms with Gasteiger partial charge >= 0.3 is 0 Å². The number of hydrogen-bond donors (Lipinski definition) is 1. The third-order valence-corrected chi connectivity index (χ3v) is 7.22. The molecule has 1 amide bonds. The van der Waals surface area contributed by atoms with Crippen LogP contribution in [-0.4, -0.2) is 36.2 Å². The van der Waals surface area contributed by atoms with E-state index in [0.29, 0.717) is 24.7 Å². The number of aromatic nitrogens is 5. The van der Waals surface area contributed by atoms with Gasteiger partial charge in [0.05, 0.1) is 12.2 Å². The summed E-state index contributed by atoms with van der Waals surface area (Å²) in [5.41, 5.74) is 2.77. The highest BCUT2D eigenvalue weighted by atomic mass is 32.2. The van der Waals surface area contributed by atoms with E-state index in [-0.39, 0.29) is 18.3 Å². The average molecular weight is 471 g/mol. The average Bonchev–Trinajstić information content (AvgIpc) is 3.37. The van der Waals surface area contributed by atoms with Gasteiger partial charge in [-0.15, -0.1) is 10.2 Å². The lowest BCUT2D eigenvalue weighted by Crippen LogP contribution is -2.26. The van der Waals surface area contributed by atoms with Crippen LogP contribution in [0.4, 0.5) is 4.39 Å². The van der Waals surface area contributed by atoms with Gasteiger partial charge in [-0.05, 0) is 62.9 Å². The van der Waals surface area contributed by atoms with Gasteiger partial charge in [-0.2, -0.15) is 5.10 Å². The Morgan fingerprint density at radius 1 is 1.15 bits per heavy atom. The van der Waals surface area contributed by atoms with E-state index in [9.17, 15) is 9.18 Å². The van der Waals surface area contributed by atoms with Gasteiger partial charge in [0.2, 0.25) is 5.91 Å². The molecule has 0 saturated heterocycles. The molecule has 1 saturated carbocycles. The molecule has 0 spiro atoms. The predicted molar refractivity (Wildman–Crippen MR) is 127 cm³/mol. The van der Waals surface area contributed by atoms with Crippen LogP contribution in [0.25, 0.3) is 5.69 Å². The minimum atomic E-state index is -0.290. The van der Waals surface area contributed by atoms with Gasteiger partial charge in [0.1, 0.15) is 5.82 Å². The SMILES string of the molecule is Cc1cc(C)n(CCC(=O)NCc2nnc(SCC3CCCCC3)n2-c2ccc(F)cc2)n1. The van der Waals surface area contributed by atoms with Gasteiger partial charge in [-0.1, -0.05) is 31.0 Å². The van der Waals surface area contributed by atoms with Crippen molar-refractivity contribution >= 4 is 17.7 Å². The van der Waals surface area contributed by atoms with Gasteiger partial charge < -0.3 is 5.32 Å². The lowest BCUT2D eigenvalue weighted by atomic mass is 9.91. The van der Waals surface area contributed by atoms with Crippen molar-refractivity contribution in [3.63, 3.8) is 0 Å². The molecule has 9 heteroatoms. The zero-order valence-electron chi connectivity index (χ0n) is 19.3. The van der Waals surface area contributed by atoms with Crippen molar-refractivity contribution < 1.29 is 9.18 Å². The lowest BCUT2D eigenvalue weighted by Gasteiger charge is -2.20. The van der Waals surface area contributed by atoms with Crippen LogP contribution in [0.3, 0.4) is 0 Å². The molecule has 0 unspecified atom stereocenters. The number of carbonyl (C=O) groups is 1. The fraction of sp³-hybridized carbons (Fsp3) is 0.500. The van der Waals surface area contributed by atoms with Crippen LogP contribution in [0.5, 0.6) is 0 Å². The molecular weight excluding hydrogens is 439 g/mol. The minimum absolute atomic E-state index is 0.0763. The molecule has 3 aromatic rings. The molecule has 1 aliphatic carbocycles. The molecule has 33 heavy (non-hydrogen) atoms. The van der Waals surface area contributed by atoms with Gasteiger partial charge in [0.15, 0.2) is 11.0 Å². The Morgan fingerprint density at radius 3 is 2.61 bits per heavy atom. The van der Waals surface area contributed by atoms with Gasteiger partial charge in [0, 0.05) is 30.1 Å². The molecule has 0 aliphatic heterocycles. The molecule has 0 bridgehead atoms. The smallest absolute Gasteiger partial charge is 0.222 e. The highest BCUT2D eigenvalue weighted by molar-refractivity contribution is 7.99. The summed E-state index contributed by atoms with van der Waals surface area (Å²) in [4.78, 5) is 12.5. The number of halogens is 1. The van der Waals surface area contributed by atoms with Gasteiger partial charge in [-0.25, -0.2) is 4.39 Å². The topological polar surface area (TPSA) is 77.6 Å². The van der Waals surface area contributed by atoms with E-state index in [2.05, 4.69) is 20.6 Å². The molecule has 2 aromatic heterocycles. The summed E-state index contributed by atoms with van der Waals surface area (Å²) in [5.74, 6) is 1.95. The highest BCUT2D eigenvalue weighted by Crippen LogP contribution is 2.30. The van der Waals surface area contributed by atoms with Crippen LogP contribution in [0, 0.1) is 25.6 Å². The number of nitrogens with zero attached hydrogens (tertiary/aromatic N) is 5. The summed E-state index contributed by atoms with van der Waals surface area (Å²) < 4.78 is 17.3. The highest BCUT2D eigenvalue weighted by Gasteiger charge is 2.19. The summed E-state index contributed by atoms with van der Waals surface area (Å²) in [5, 5.41) is 16.9. The zero-order chi connectivity index (χ0) is 23.2. The number of thioether (sulfide) groups is 1. The van der Waals surface area contributed by atoms with E-state index in [4.69, 9.17) is 0 Å². The van der Waals surface area contributed by atoms with Crippen LogP contribution in [0.15, 0.2) is 35.5 Å². The maximum absolute atomic E-state index is 13.5. The Morgan fingerprint density at radius 2 is 1.91 bits per heavy atom. The van der Waals surface area contributed by atoms with Crippen LogP contribution < -0.4 is 5.32 Å². The quantitative estimate of drug-likeness (QED) is 0.463. The summed E-state index contributed by atoms with van der Waals surface area (Å²) in [6.07, 6.45) is 6.77. The number of rotatable bonds is 9. The Bertz CT molecular complexity index is 1070. The van der Waals surface area contributed by atoms with Crippen molar-refractivity contribution in [3.05, 3.63) is 53.4 Å². The first-order valence-electron chi connectivity index (χ1n) is 11.6. The monoisotopic (exact) mass is 470 g/mol. The van der Waals surface area contributed by atoms with Crippen molar-refractivity contribution in [1.82, 2.24) is 29.9 Å². The second-order valence-electron chi connectivity index (χ2n) is 8.70. The van der Waals surface area contributed by atoms with Crippen molar-refractivity contribution in [2.24, 2.45) is 5.92 Å². The van der Waals surface area contributed by atoms with Crippen molar-refractivity contribution in [2.75, 3.05) is 5.75 Å². The van der Waals surface area contributed by atoms with Crippen LogP contribution in [0.1, 0.15) is 55.7 Å². The second-order valence-corrected chi connectivity index (χ2v) is 9.69. The van der Waals surface area contributed by atoms with E-state index >= 15 is 0 Å². The first-order chi connectivity index (χ1) is 16.0. The summed E-state index contributed by atoms with van der Waals surface area (Å²) in [6.45, 7) is 4.70. The third-order valence-electron chi connectivity index (χ3n) is 6.06. The van der Waals surface area contributed by atoms with E-state index in [1.807, 2.05) is 29.2 Å². The molecule has 0 radical (unpaired) electrons. The molecule has 1 N–H and O–H groups in total. The fourth-order valence-corrected chi connectivity index (χ4v) is 5.44. The Hall–Kier alpha value is -2.68. The van der Waals surface area contributed by atoms with Crippen molar-refractivity contribution in [2.45, 2.75) is 70.6 Å². The molecule has 7 nitrogen and oxygen atoms in total. The fourth-order valence-electron chi connectivity index (χ4n) is 4.28. The summed E-state index contributed by atoms with van der Waals surface area (Å²) in [6, 6.07) is 8.30. The van der Waals surface area contributed by atoms with Gasteiger partial charge in [0.25, 0.3) is 0 Å². The second kappa shape index (κ2) is 11.0. The summed E-state index contributed by atoms with van der Waals surface area (Å²) >= 11 is 1.69. The predicted octanol–water partition coefficient (Wildman–Crippen LogP) is 4.60. The molecule has 1 aromatic carbocycles. The molecule has 2 heterocycles. The lowest BCUT2D eigenvalue weighted by molar-refractivity contribution is -0.121. The molecule has 1 aliphatic rings. The number of aryl methyl sites for hydroxylation is 3. The van der Waals surface area contributed by atoms with Crippen LogP contribution in [0.2, 0.25) is 0 Å². The van der Waals surface area contributed by atoms with E-state index in [1.54, 1.807) is 23.9 Å². The van der Waals surface area contributed by atoms with E-state index in [0.717, 1.165) is 28.0 Å². The standard InChI is InChI=1S/C24H31FN6OS/c1-17-14-18(2)30(29-17)13-12-23(32)26-15-22-27-28-24(33-16-19-6-4-3-5-7-19)31(22)21-10-8-20(25)9-11-21/h8-11,14,19H,3-7,12-13,15-16H2,1-2H3,(H,26,32). The number of carbonyl (C=O) groups excluding carboxylic acids is 1. The van der Waals surface area contributed by atoms with E-state index < -0.39 is 0 Å².